The number of urea groups is 1. The van der Waals surface area contributed by atoms with Crippen molar-refractivity contribution >= 4 is 11.7 Å². The number of likely N-dealkylation sites (tertiary alicyclic amines) is 1. The van der Waals surface area contributed by atoms with E-state index in [1.54, 1.807) is 0 Å². The van der Waals surface area contributed by atoms with Crippen LogP contribution in [0.25, 0.3) is 0 Å². The van der Waals surface area contributed by atoms with Gasteiger partial charge in [-0.1, -0.05) is 6.92 Å². The van der Waals surface area contributed by atoms with Crippen molar-refractivity contribution in [3.63, 3.8) is 0 Å². The summed E-state index contributed by atoms with van der Waals surface area (Å²) in [4.78, 5) is 14.1. The quantitative estimate of drug-likeness (QED) is 0.911. The minimum Gasteiger partial charge on any atom is -0.494 e. The van der Waals surface area contributed by atoms with Crippen LogP contribution in [-0.2, 0) is 6.42 Å². The highest BCUT2D eigenvalue weighted by Crippen LogP contribution is 2.24. The standard InChI is InChI=1S/C16H24N2O2/c1-3-13-12-14(8-9-15(13)20-4-2)17-16(19)18-10-6-5-7-11-18/h8-9,12H,3-7,10-11H2,1-2H3,(H,17,19). The van der Waals surface area contributed by atoms with Crippen LogP contribution in [0.5, 0.6) is 5.75 Å². The molecule has 0 saturated carbocycles. The molecule has 0 spiro atoms. The van der Waals surface area contributed by atoms with E-state index in [0.717, 1.165) is 49.4 Å². The molecular weight excluding hydrogens is 252 g/mol. The highest BCUT2D eigenvalue weighted by molar-refractivity contribution is 5.89. The third kappa shape index (κ3) is 3.65. The van der Waals surface area contributed by atoms with E-state index in [1.807, 2.05) is 30.0 Å². The average Bonchev–Trinajstić information content (AvgIpc) is 2.50. The topological polar surface area (TPSA) is 41.6 Å². The lowest BCUT2D eigenvalue weighted by Crippen LogP contribution is -2.38. The molecule has 1 fully saturated rings. The first-order valence-electron chi connectivity index (χ1n) is 7.56. The van der Waals surface area contributed by atoms with Crippen molar-refractivity contribution < 1.29 is 9.53 Å². The van der Waals surface area contributed by atoms with Crippen LogP contribution in [0.3, 0.4) is 0 Å². The Balaban J connectivity index is 2.03. The van der Waals surface area contributed by atoms with Crippen LogP contribution in [0.2, 0.25) is 0 Å². The molecule has 0 unspecified atom stereocenters. The van der Waals surface area contributed by atoms with Gasteiger partial charge in [0.15, 0.2) is 0 Å². The molecule has 1 aromatic rings. The van der Waals surface area contributed by atoms with Crippen molar-refractivity contribution in [3.05, 3.63) is 23.8 Å². The zero-order chi connectivity index (χ0) is 14.4. The van der Waals surface area contributed by atoms with E-state index in [9.17, 15) is 4.79 Å². The fraction of sp³-hybridized carbons (Fsp3) is 0.562. The molecule has 0 atom stereocenters. The number of piperidine rings is 1. The largest absolute Gasteiger partial charge is 0.494 e. The second kappa shape index (κ2) is 7.17. The van der Waals surface area contributed by atoms with Gasteiger partial charge >= 0.3 is 6.03 Å². The van der Waals surface area contributed by atoms with Gasteiger partial charge in [0.2, 0.25) is 0 Å². The molecule has 20 heavy (non-hydrogen) atoms. The van der Waals surface area contributed by atoms with E-state index in [1.165, 1.54) is 6.42 Å². The van der Waals surface area contributed by atoms with Crippen LogP contribution >= 0.6 is 0 Å². The minimum atomic E-state index is 0.0101. The van der Waals surface area contributed by atoms with Gasteiger partial charge in [0.25, 0.3) is 0 Å². The SMILES string of the molecule is CCOc1ccc(NC(=O)N2CCCCC2)cc1CC. The summed E-state index contributed by atoms with van der Waals surface area (Å²) in [5.74, 6) is 0.908. The molecule has 1 heterocycles. The molecule has 4 heteroatoms. The summed E-state index contributed by atoms with van der Waals surface area (Å²) in [5, 5.41) is 2.99. The van der Waals surface area contributed by atoms with E-state index < -0.39 is 0 Å². The second-order valence-corrected chi connectivity index (χ2v) is 5.09. The summed E-state index contributed by atoms with van der Waals surface area (Å²) >= 11 is 0. The Morgan fingerprint density at radius 1 is 1.25 bits per heavy atom. The van der Waals surface area contributed by atoms with Gasteiger partial charge in [0, 0.05) is 18.8 Å². The molecule has 1 aromatic carbocycles. The third-order valence-corrected chi connectivity index (χ3v) is 3.64. The van der Waals surface area contributed by atoms with Gasteiger partial charge in [-0.25, -0.2) is 4.79 Å². The number of carbonyl (C=O) groups excluding carboxylic acids is 1. The summed E-state index contributed by atoms with van der Waals surface area (Å²) in [5.41, 5.74) is 1.98. The monoisotopic (exact) mass is 276 g/mol. The smallest absolute Gasteiger partial charge is 0.321 e. The maximum atomic E-state index is 12.2. The zero-order valence-corrected chi connectivity index (χ0v) is 12.4. The highest BCUT2D eigenvalue weighted by Gasteiger charge is 2.16. The number of hydrogen-bond acceptors (Lipinski definition) is 2. The molecule has 1 N–H and O–H groups in total. The Labute approximate surface area is 121 Å². The lowest BCUT2D eigenvalue weighted by atomic mass is 10.1. The van der Waals surface area contributed by atoms with E-state index in [-0.39, 0.29) is 6.03 Å². The number of anilines is 1. The van der Waals surface area contributed by atoms with Crippen LogP contribution in [-0.4, -0.2) is 30.6 Å². The number of nitrogens with zero attached hydrogens (tertiary/aromatic N) is 1. The van der Waals surface area contributed by atoms with Gasteiger partial charge in [-0.05, 0) is 56.4 Å². The summed E-state index contributed by atoms with van der Waals surface area (Å²) in [6.07, 6.45) is 4.34. The lowest BCUT2D eigenvalue weighted by Gasteiger charge is -2.27. The van der Waals surface area contributed by atoms with Crippen LogP contribution < -0.4 is 10.1 Å². The zero-order valence-electron chi connectivity index (χ0n) is 12.4. The van der Waals surface area contributed by atoms with Crippen LogP contribution in [0.1, 0.15) is 38.7 Å². The molecule has 1 saturated heterocycles. The fourth-order valence-corrected chi connectivity index (χ4v) is 2.53. The van der Waals surface area contributed by atoms with E-state index in [0.29, 0.717) is 6.61 Å². The fourth-order valence-electron chi connectivity index (χ4n) is 2.53. The number of carbonyl (C=O) groups is 1. The summed E-state index contributed by atoms with van der Waals surface area (Å²) in [6.45, 7) is 6.46. The number of rotatable bonds is 4. The predicted molar refractivity (Wildman–Crippen MR) is 81.4 cm³/mol. The lowest BCUT2D eigenvalue weighted by molar-refractivity contribution is 0.200. The Hall–Kier alpha value is -1.71. The first-order valence-corrected chi connectivity index (χ1v) is 7.56. The van der Waals surface area contributed by atoms with Crippen LogP contribution in [0.15, 0.2) is 18.2 Å². The molecule has 2 rings (SSSR count). The van der Waals surface area contributed by atoms with Crippen molar-refractivity contribution in [2.24, 2.45) is 0 Å². The first-order chi connectivity index (χ1) is 9.74. The van der Waals surface area contributed by atoms with Crippen molar-refractivity contribution in [1.29, 1.82) is 0 Å². The summed E-state index contributed by atoms with van der Waals surface area (Å²) in [6, 6.07) is 5.86. The molecular formula is C16H24N2O2. The van der Waals surface area contributed by atoms with Crippen LogP contribution in [0, 0.1) is 0 Å². The van der Waals surface area contributed by atoms with E-state index >= 15 is 0 Å². The highest BCUT2D eigenvalue weighted by atomic mass is 16.5. The Morgan fingerprint density at radius 2 is 2.00 bits per heavy atom. The predicted octanol–water partition coefficient (Wildman–Crippen LogP) is 3.67. The number of nitrogens with one attached hydrogen (secondary N) is 1. The van der Waals surface area contributed by atoms with E-state index in [4.69, 9.17) is 4.74 Å². The molecule has 1 aliphatic heterocycles. The number of benzene rings is 1. The van der Waals surface area contributed by atoms with Gasteiger partial charge in [0.1, 0.15) is 5.75 Å². The maximum absolute atomic E-state index is 12.2. The van der Waals surface area contributed by atoms with Gasteiger partial charge in [-0.15, -0.1) is 0 Å². The van der Waals surface area contributed by atoms with Gasteiger partial charge < -0.3 is 15.0 Å². The second-order valence-electron chi connectivity index (χ2n) is 5.09. The summed E-state index contributed by atoms with van der Waals surface area (Å²) < 4.78 is 5.58. The molecule has 0 aliphatic carbocycles. The molecule has 0 aromatic heterocycles. The molecule has 0 radical (unpaired) electrons. The number of ether oxygens (including phenoxy) is 1. The number of aryl methyl sites for hydroxylation is 1. The Kier molecular flexibility index (Phi) is 5.27. The number of amides is 2. The first kappa shape index (κ1) is 14.7. The van der Waals surface area contributed by atoms with Crippen molar-refractivity contribution in [2.75, 3.05) is 25.0 Å². The molecule has 4 nitrogen and oxygen atoms in total. The Morgan fingerprint density at radius 3 is 2.65 bits per heavy atom. The molecule has 2 amide bonds. The van der Waals surface area contributed by atoms with Crippen molar-refractivity contribution in [2.45, 2.75) is 39.5 Å². The molecule has 110 valence electrons. The van der Waals surface area contributed by atoms with Crippen molar-refractivity contribution in [3.8, 4) is 5.75 Å². The average molecular weight is 276 g/mol. The van der Waals surface area contributed by atoms with Gasteiger partial charge in [-0.2, -0.15) is 0 Å². The molecule has 1 aliphatic rings. The summed E-state index contributed by atoms with van der Waals surface area (Å²) in [7, 11) is 0. The van der Waals surface area contributed by atoms with Crippen LogP contribution in [0.4, 0.5) is 10.5 Å². The Bertz CT molecular complexity index is 454. The van der Waals surface area contributed by atoms with Gasteiger partial charge in [-0.3, -0.25) is 0 Å². The van der Waals surface area contributed by atoms with Gasteiger partial charge in [0.05, 0.1) is 6.61 Å². The molecule has 0 bridgehead atoms. The van der Waals surface area contributed by atoms with Crippen molar-refractivity contribution in [1.82, 2.24) is 4.90 Å². The maximum Gasteiger partial charge on any atom is 0.321 e. The number of hydrogen-bond donors (Lipinski definition) is 1. The minimum absolute atomic E-state index is 0.0101. The third-order valence-electron chi connectivity index (χ3n) is 3.64. The normalized spacial score (nSPS) is 15.0. The van der Waals surface area contributed by atoms with E-state index in [2.05, 4.69) is 12.2 Å².